The van der Waals surface area contributed by atoms with Crippen LogP contribution in [0, 0.1) is 0 Å². The molecule has 1 aliphatic heterocycles. The Morgan fingerprint density at radius 1 is 1.43 bits per heavy atom. The highest BCUT2D eigenvalue weighted by atomic mass is 33.5. The van der Waals surface area contributed by atoms with Gasteiger partial charge in [-0.3, -0.25) is 0 Å². The summed E-state index contributed by atoms with van der Waals surface area (Å²) in [5, 5.41) is 0. The number of fused-ring (bicyclic) bond motifs is 1. The third kappa shape index (κ3) is 1.83. The van der Waals surface area contributed by atoms with Gasteiger partial charge in [-0.05, 0) is 18.6 Å². The first-order chi connectivity index (χ1) is 6.76. The van der Waals surface area contributed by atoms with Gasteiger partial charge in [0.2, 0.25) is 0 Å². The summed E-state index contributed by atoms with van der Waals surface area (Å²) in [5.41, 5.74) is 3.13. The average molecular weight is 243 g/mol. The SMILES string of the molecule is CCCSS1(S)C=Nc2ccccc21. The molecular formula is C10H13NS3. The Kier molecular flexibility index (Phi) is 3.14. The van der Waals surface area contributed by atoms with E-state index >= 15 is 0 Å². The number of para-hydroxylation sites is 1. The largest absolute Gasteiger partial charge is 0.248 e. The van der Waals surface area contributed by atoms with E-state index in [1.165, 1.54) is 11.3 Å². The van der Waals surface area contributed by atoms with Crippen LogP contribution in [0.4, 0.5) is 5.69 Å². The van der Waals surface area contributed by atoms with Crippen LogP contribution in [0.3, 0.4) is 0 Å². The topological polar surface area (TPSA) is 12.4 Å². The number of hydrogen-bond donors (Lipinski definition) is 1. The van der Waals surface area contributed by atoms with Gasteiger partial charge < -0.3 is 0 Å². The molecule has 2 rings (SSSR count). The van der Waals surface area contributed by atoms with Gasteiger partial charge in [0, 0.05) is 10.6 Å². The molecule has 0 spiro atoms. The van der Waals surface area contributed by atoms with Gasteiger partial charge in [-0.15, -0.1) is 11.7 Å². The third-order valence-electron chi connectivity index (χ3n) is 1.98. The first-order valence-electron chi connectivity index (χ1n) is 4.59. The molecule has 1 atom stereocenters. The van der Waals surface area contributed by atoms with Gasteiger partial charge in [0.05, 0.1) is 11.2 Å². The lowest BCUT2D eigenvalue weighted by molar-refractivity contribution is 1.11. The zero-order chi connectivity index (χ0) is 10.0. The lowest BCUT2D eigenvalue weighted by Gasteiger charge is -2.25. The van der Waals surface area contributed by atoms with Gasteiger partial charge in [0.25, 0.3) is 0 Å². The lowest BCUT2D eigenvalue weighted by atomic mass is 10.3. The summed E-state index contributed by atoms with van der Waals surface area (Å²) in [4.78, 5) is 5.73. The van der Waals surface area contributed by atoms with E-state index in [-0.39, 0.29) is 0 Å². The molecule has 4 heteroatoms. The van der Waals surface area contributed by atoms with Gasteiger partial charge in [-0.1, -0.05) is 37.9 Å². The summed E-state index contributed by atoms with van der Waals surface area (Å²) in [6, 6.07) is 8.30. The second kappa shape index (κ2) is 4.21. The van der Waals surface area contributed by atoms with Crippen molar-refractivity contribution in [2.45, 2.75) is 18.2 Å². The van der Waals surface area contributed by atoms with Gasteiger partial charge in [0.15, 0.2) is 0 Å². The molecule has 1 aromatic rings. The zero-order valence-corrected chi connectivity index (χ0v) is 10.5. The van der Waals surface area contributed by atoms with Crippen molar-refractivity contribution in [3.8, 4) is 0 Å². The Bertz CT molecular complexity index is 364. The van der Waals surface area contributed by atoms with Gasteiger partial charge >= 0.3 is 0 Å². The Morgan fingerprint density at radius 3 is 3.00 bits per heavy atom. The van der Waals surface area contributed by atoms with Crippen molar-refractivity contribution < 1.29 is 0 Å². The van der Waals surface area contributed by atoms with E-state index in [4.69, 9.17) is 11.7 Å². The molecule has 76 valence electrons. The van der Waals surface area contributed by atoms with Crippen LogP contribution in [0.15, 0.2) is 34.2 Å². The normalized spacial score (nSPS) is 28.4. The second-order valence-electron chi connectivity index (χ2n) is 3.09. The van der Waals surface area contributed by atoms with Gasteiger partial charge in [-0.2, -0.15) is 0 Å². The van der Waals surface area contributed by atoms with Crippen LogP contribution in [0.1, 0.15) is 13.3 Å². The molecule has 0 radical (unpaired) electrons. The summed E-state index contributed by atoms with van der Waals surface area (Å²) in [6.07, 6.45) is 1.19. The molecule has 1 unspecified atom stereocenters. The fourth-order valence-electron chi connectivity index (χ4n) is 1.30. The van der Waals surface area contributed by atoms with Gasteiger partial charge in [0.1, 0.15) is 0 Å². The lowest BCUT2D eigenvalue weighted by Crippen LogP contribution is -1.86. The predicted octanol–water partition coefficient (Wildman–Crippen LogP) is 4.43. The first-order valence-corrected chi connectivity index (χ1v) is 8.84. The Morgan fingerprint density at radius 2 is 2.21 bits per heavy atom. The molecule has 0 N–H and O–H groups in total. The van der Waals surface area contributed by atoms with Crippen molar-refractivity contribution >= 4 is 41.8 Å². The molecular weight excluding hydrogens is 230 g/mol. The van der Waals surface area contributed by atoms with Crippen LogP contribution in [0.5, 0.6) is 0 Å². The van der Waals surface area contributed by atoms with Crippen LogP contribution in [-0.4, -0.2) is 11.3 Å². The fourth-order valence-corrected chi connectivity index (χ4v) is 6.63. The van der Waals surface area contributed by atoms with E-state index < -0.39 is 8.09 Å². The number of benzene rings is 1. The van der Waals surface area contributed by atoms with E-state index in [1.54, 1.807) is 0 Å². The van der Waals surface area contributed by atoms with E-state index in [0.717, 1.165) is 11.4 Å². The zero-order valence-electron chi connectivity index (χ0n) is 8.01. The van der Waals surface area contributed by atoms with Crippen LogP contribution >= 0.6 is 30.5 Å². The molecule has 0 fully saturated rings. The maximum Gasteiger partial charge on any atom is 0.0775 e. The van der Waals surface area contributed by atoms with E-state index in [0.29, 0.717) is 0 Å². The Balaban J connectivity index is 2.28. The maximum atomic E-state index is 4.79. The van der Waals surface area contributed by atoms with E-state index in [1.807, 2.05) is 22.4 Å². The van der Waals surface area contributed by atoms with Crippen molar-refractivity contribution in [3.05, 3.63) is 24.3 Å². The molecule has 0 bridgehead atoms. The minimum atomic E-state index is -1.11. The quantitative estimate of drug-likeness (QED) is 0.612. The summed E-state index contributed by atoms with van der Waals surface area (Å²) in [7, 11) is 0.821. The molecule has 0 saturated heterocycles. The molecule has 1 aromatic carbocycles. The highest BCUT2D eigenvalue weighted by Gasteiger charge is 2.27. The van der Waals surface area contributed by atoms with E-state index in [2.05, 4.69) is 30.1 Å². The third-order valence-corrected chi connectivity index (χ3v) is 8.48. The molecule has 0 aromatic heterocycles. The number of rotatable bonds is 3. The monoisotopic (exact) mass is 243 g/mol. The molecule has 0 amide bonds. The van der Waals surface area contributed by atoms with Crippen molar-refractivity contribution in [2.75, 3.05) is 5.75 Å². The minimum absolute atomic E-state index is 1.10. The highest BCUT2D eigenvalue weighted by molar-refractivity contribution is 9.26. The Hall–Kier alpha value is -0.0600. The predicted molar refractivity (Wildman–Crippen MR) is 72.2 cm³/mol. The summed E-state index contributed by atoms with van der Waals surface area (Å²) >= 11 is 4.79. The molecule has 0 aliphatic carbocycles. The maximum absolute atomic E-state index is 4.79. The fraction of sp³-hybridized carbons (Fsp3) is 0.300. The summed E-state index contributed by atoms with van der Waals surface area (Å²) in [6.45, 7) is 2.20. The van der Waals surface area contributed by atoms with Crippen molar-refractivity contribution in [1.29, 1.82) is 0 Å². The van der Waals surface area contributed by atoms with Crippen molar-refractivity contribution in [1.82, 2.24) is 0 Å². The first kappa shape index (κ1) is 10.5. The number of nitrogens with zero attached hydrogens (tertiary/aromatic N) is 1. The molecule has 14 heavy (non-hydrogen) atoms. The van der Waals surface area contributed by atoms with Crippen LogP contribution in [0.25, 0.3) is 0 Å². The Labute approximate surface area is 94.9 Å². The van der Waals surface area contributed by atoms with Crippen LogP contribution in [0.2, 0.25) is 0 Å². The van der Waals surface area contributed by atoms with Gasteiger partial charge in [-0.25, -0.2) is 4.99 Å². The smallest absolute Gasteiger partial charge is 0.0775 e. The standard InChI is InChI=1S/C10H13NS3/c1-2-7-13-14(12)8-11-9-5-3-4-6-10(9)14/h3-6,8,12H,2,7H2,1H3. The number of thiol groups is 1. The van der Waals surface area contributed by atoms with Crippen molar-refractivity contribution in [2.24, 2.45) is 4.99 Å². The minimum Gasteiger partial charge on any atom is -0.248 e. The number of aliphatic imine (C=N–C) groups is 1. The van der Waals surface area contributed by atoms with Crippen LogP contribution in [-0.2, 0) is 0 Å². The second-order valence-corrected chi connectivity index (χ2v) is 10.3. The summed E-state index contributed by atoms with van der Waals surface area (Å²) in [5.74, 6) is 1.15. The van der Waals surface area contributed by atoms with Crippen LogP contribution < -0.4 is 0 Å². The molecule has 1 aliphatic rings. The number of hydrogen-bond acceptors (Lipinski definition) is 3. The highest BCUT2D eigenvalue weighted by Crippen LogP contribution is 2.72. The molecule has 1 heterocycles. The average Bonchev–Trinajstić information content (AvgIpc) is 2.55. The van der Waals surface area contributed by atoms with Crippen molar-refractivity contribution in [3.63, 3.8) is 0 Å². The molecule has 0 saturated carbocycles. The van der Waals surface area contributed by atoms with E-state index in [9.17, 15) is 0 Å². The molecule has 1 nitrogen and oxygen atoms in total. The summed E-state index contributed by atoms with van der Waals surface area (Å²) < 4.78 is 0.